The van der Waals surface area contributed by atoms with Crippen molar-refractivity contribution in [2.75, 3.05) is 19.3 Å². The van der Waals surface area contributed by atoms with Gasteiger partial charge in [0.05, 0.1) is 0 Å². The molecule has 2 N–H and O–H groups in total. The van der Waals surface area contributed by atoms with Crippen molar-refractivity contribution in [1.29, 1.82) is 0 Å². The SMILES string of the molecule is [Si]CNCCCCCCCCCCCCNCc1ccccc1. The second kappa shape index (κ2) is 16.2. The minimum absolute atomic E-state index is 0.918. The highest BCUT2D eigenvalue weighted by Crippen LogP contribution is 2.10. The lowest BCUT2D eigenvalue weighted by molar-refractivity contribution is 0.537. The van der Waals surface area contributed by atoms with Crippen molar-refractivity contribution < 1.29 is 0 Å². The van der Waals surface area contributed by atoms with Crippen molar-refractivity contribution in [2.24, 2.45) is 0 Å². The number of unbranched alkanes of at least 4 members (excludes halogenated alkanes) is 9. The van der Waals surface area contributed by atoms with Crippen LogP contribution in [0.25, 0.3) is 0 Å². The number of hydrogen-bond donors (Lipinski definition) is 2. The lowest BCUT2D eigenvalue weighted by Gasteiger charge is -2.05. The average molecular weight is 332 g/mol. The van der Waals surface area contributed by atoms with Crippen molar-refractivity contribution in [3.05, 3.63) is 35.9 Å². The Hall–Kier alpha value is -0.643. The van der Waals surface area contributed by atoms with Crippen molar-refractivity contribution in [3.63, 3.8) is 0 Å². The maximum Gasteiger partial charge on any atom is 0.0428 e. The molecular weight excluding hydrogens is 296 g/mol. The van der Waals surface area contributed by atoms with Gasteiger partial charge in [0.25, 0.3) is 0 Å². The Kier molecular flexibility index (Phi) is 14.4. The van der Waals surface area contributed by atoms with E-state index in [9.17, 15) is 0 Å². The molecule has 3 radical (unpaired) electrons. The molecule has 0 aromatic heterocycles. The first-order chi connectivity index (χ1) is 11.4. The molecule has 0 spiro atoms. The molecule has 129 valence electrons. The molecule has 0 unspecified atom stereocenters. The Bertz CT molecular complexity index is 343. The van der Waals surface area contributed by atoms with Gasteiger partial charge < -0.3 is 10.6 Å². The summed E-state index contributed by atoms with van der Waals surface area (Å²) in [5.41, 5.74) is 1.38. The maximum atomic E-state index is 3.53. The highest BCUT2D eigenvalue weighted by atomic mass is 28.1. The lowest BCUT2D eigenvalue weighted by atomic mass is 10.1. The van der Waals surface area contributed by atoms with Gasteiger partial charge in [-0.15, -0.1) is 0 Å². The van der Waals surface area contributed by atoms with E-state index < -0.39 is 0 Å². The molecule has 0 fully saturated rings. The molecule has 2 nitrogen and oxygen atoms in total. The van der Waals surface area contributed by atoms with Crippen LogP contribution in [0.5, 0.6) is 0 Å². The quantitative estimate of drug-likeness (QED) is 0.347. The summed E-state index contributed by atoms with van der Waals surface area (Å²) in [4.78, 5) is 0. The van der Waals surface area contributed by atoms with E-state index in [2.05, 4.69) is 51.2 Å². The third-order valence-corrected chi connectivity index (χ3v) is 4.50. The predicted molar refractivity (Wildman–Crippen MR) is 103 cm³/mol. The van der Waals surface area contributed by atoms with Gasteiger partial charge >= 0.3 is 0 Å². The van der Waals surface area contributed by atoms with E-state index in [4.69, 9.17) is 0 Å². The van der Waals surface area contributed by atoms with E-state index in [1.165, 1.54) is 69.8 Å². The molecule has 23 heavy (non-hydrogen) atoms. The highest BCUT2D eigenvalue weighted by Gasteiger charge is 1.94. The van der Waals surface area contributed by atoms with Gasteiger partial charge in [-0.2, -0.15) is 0 Å². The van der Waals surface area contributed by atoms with Crippen LogP contribution in [0, 0.1) is 0 Å². The fourth-order valence-electron chi connectivity index (χ4n) is 2.83. The number of benzene rings is 1. The van der Waals surface area contributed by atoms with E-state index in [-0.39, 0.29) is 0 Å². The Morgan fingerprint density at radius 2 is 1.09 bits per heavy atom. The summed E-state index contributed by atoms with van der Waals surface area (Å²) in [7, 11) is 3.43. The van der Waals surface area contributed by atoms with Crippen molar-refractivity contribution >= 4 is 10.2 Å². The molecule has 0 amide bonds. The first kappa shape index (κ1) is 20.4. The van der Waals surface area contributed by atoms with Crippen LogP contribution in [-0.4, -0.2) is 29.5 Å². The Morgan fingerprint density at radius 3 is 1.61 bits per heavy atom. The zero-order valence-corrected chi connectivity index (χ0v) is 15.8. The Morgan fingerprint density at radius 1 is 0.609 bits per heavy atom. The summed E-state index contributed by atoms with van der Waals surface area (Å²) in [6.45, 7) is 3.31. The summed E-state index contributed by atoms with van der Waals surface area (Å²) >= 11 is 0. The molecule has 1 rings (SSSR count). The third-order valence-electron chi connectivity index (χ3n) is 4.25. The van der Waals surface area contributed by atoms with Crippen molar-refractivity contribution in [2.45, 2.75) is 70.8 Å². The minimum Gasteiger partial charge on any atom is -0.320 e. The molecule has 0 saturated heterocycles. The van der Waals surface area contributed by atoms with Gasteiger partial charge in [-0.05, 0) is 37.7 Å². The monoisotopic (exact) mass is 331 g/mol. The van der Waals surface area contributed by atoms with E-state index in [0.717, 1.165) is 25.8 Å². The molecular formula is C20H35N2Si. The van der Waals surface area contributed by atoms with Crippen LogP contribution >= 0.6 is 0 Å². The lowest BCUT2D eigenvalue weighted by Crippen LogP contribution is -2.16. The number of nitrogens with one attached hydrogen (secondary N) is 2. The van der Waals surface area contributed by atoms with Gasteiger partial charge in [0.1, 0.15) is 0 Å². The largest absolute Gasteiger partial charge is 0.320 e. The van der Waals surface area contributed by atoms with Gasteiger partial charge in [-0.25, -0.2) is 0 Å². The first-order valence-corrected chi connectivity index (χ1v) is 10.2. The Labute approximate surface area is 147 Å². The first-order valence-electron chi connectivity index (χ1n) is 9.53. The van der Waals surface area contributed by atoms with E-state index >= 15 is 0 Å². The van der Waals surface area contributed by atoms with Crippen LogP contribution in [-0.2, 0) is 6.54 Å². The van der Waals surface area contributed by atoms with Crippen molar-refractivity contribution in [1.82, 2.24) is 10.6 Å². The second-order valence-electron chi connectivity index (χ2n) is 6.37. The average Bonchev–Trinajstić information content (AvgIpc) is 2.59. The summed E-state index contributed by atoms with van der Waals surface area (Å²) in [6, 6.07) is 10.7. The normalized spacial score (nSPS) is 11.0. The summed E-state index contributed by atoms with van der Waals surface area (Å²) in [6.07, 6.45) is 14.8. The van der Waals surface area contributed by atoms with Crippen LogP contribution in [0.1, 0.15) is 69.8 Å². The Balaban J connectivity index is 1.72. The van der Waals surface area contributed by atoms with Crippen LogP contribution in [0.2, 0.25) is 0 Å². The predicted octanol–water partition coefficient (Wildman–Crippen LogP) is 4.39. The topological polar surface area (TPSA) is 24.1 Å². The molecule has 0 atom stereocenters. The zero-order chi connectivity index (χ0) is 16.4. The zero-order valence-electron chi connectivity index (χ0n) is 14.8. The fraction of sp³-hybridized carbons (Fsp3) is 0.700. The number of hydrogen-bond acceptors (Lipinski definition) is 2. The molecule has 0 aliphatic heterocycles. The van der Waals surface area contributed by atoms with Gasteiger partial charge in [0, 0.05) is 16.8 Å². The molecule has 1 aromatic rings. The van der Waals surface area contributed by atoms with Crippen molar-refractivity contribution in [3.8, 4) is 0 Å². The van der Waals surface area contributed by atoms with Crippen LogP contribution in [0.3, 0.4) is 0 Å². The summed E-state index contributed by atoms with van der Waals surface area (Å²) in [5.74, 6) is 0. The van der Waals surface area contributed by atoms with Crippen LogP contribution < -0.4 is 10.6 Å². The highest BCUT2D eigenvalue weighted by molar-refractivity contribution is 6.08. The standard InChI is InChI=1S/C20H35N2Si/c23-19-22-17-13-8-6-4-2-1-3-5-7-12-16-21-18-20-14-10-9-11-15-20/h9-11,14-15,21-22H,1-8,12-13,16-19H2. The van der Waals surface area contributed by atoms with Gasteiger partial charge in [0.2, 0.25) is 0 Å². The fourth-order valence-corrected chi connectivity index (χ4v) is 3.01. The smallest absolute Gasteiger partial charge is 0.0428 e. The van der Waals surface area contributed by atoms with E-state index in [1.807, 2.05) is 0 Å². The number of rotatable bonds is 16. The molecule has 0 aliphatic carbocycles. The third kappa shape index (κ3) is 13.5. The van der Waals surface area contributed by atoms with Crippen LogP contribution in [0.4, 0.5) is 0 Å². The van der Waals surface area contributed by atoms with Gasteiger partial charge in [-0.3, -0.25) is 0 Å². The minimum atomic E-state index is 0.918. The molecule has 1 aromatic carbocycles. The van der Waals surface area contributed by atoms with E-state index in [0.29, 0.717) is 0 Å². The molecule has 0 aliphatic rings. The molecule has 0 saturated carbocycles. The van der Waals surface area contributed by atoms with E-state index in [1.54, 1.807) is 0 Å². The molecule has 3 heteroatoms. The van der Waals surface area contributed by atoms with Gasteiger partial charge in [0.15, 0.2) is 0 Å². The second-order valence-corrected chi connectivity index (χ2v) is 6.73. The molecule has 0 heterocycles. The summed E-state index contributed by atoms with van der Waals surface area (Å²) in [5, 5.41) is 6.84. The summed E-state index contributed by atoms with van der Waals surface area (Å²) < 4.78 is 0. The van der Waals surface area contributed by atoms with Gasteiger partial charge in [-0.1, -0.05) is 81.7 Å². The maximum absolute atomic E-state index is 3.53. The van der Waals surface area contributed by atoms with Crippen LogP contribution in [0.15, 0.2) is 30.3 Å². The molecule has 0 bridgehead atoms.